The largest absolute Gasteiger partial charge is 0.489 e. The molecule has 0 fully saturated rings. The lowest BCUT2D eigenvalue weighted by Gasteiger charge is -2.27. The molecule has 0 atom stereocenters. The molecule has 1 heterocycles. The second-order valence-corrected chi connectivity index (χ2v) is 8.21. The highest BCUT2D eigenvalue weighted by Gasteiger charge is 2.35. The standard InChI is InChI=1S/C28H21ClN2O3/c1-19-24(15-20-11-13-23(14-12-20)34-18-21-7-3-2-4-8-21)27(32)31(28(33)25(19)16-30)17-22-9-5-6-10-26(22)29/h2-15H,17-18H2,1H3/b24-15+. The predicted molar refractivity (Wildman–Crippen MR) is 131 cm³/mol. The molecule has 0 aliphatic carbocycles. The summed E-state index contributed by atoms with van der Waals surface area (Å²) < 4.78 is 5.82. The fourth-order valence-corrected chi connectivity index (χ4v) is 3.83. The number of benzene rings is 3. The lowest BCUT2D eigenvalue weighted by atomic mass is 9.93. The maximum absolute atomic E-state index is 13.3. The van der Waals surface area contributed by atoms with E-state index in [1.807, 2.05) is 60.7 Å². The van der Waals surface area contributed by atoms with Crippen LogP contribution >= 0.6 is 11.6 Å². The Hall–Kier alpha value is -4.14. The van der Waals surface area contributed by atoms with Gasteiger partial charge in [0, 0.05) is 10.6 Å². The SMILES string of the molecule is CC1=C(C#N)C(=O)N(Cc2ccccc2Cl)C(=O)/C1=C/c1ccc(OCc2ccccc2)cc1. The number of imide groups is 1. The quantitative estimate of drug-likeness (QED) is 0.343. The summed E-state index contributed by atoms with van der Waals surface area (Å²) in [7, 11) is 0. The van der Waals surface area contributed by atoms with Crippen molar-refractivity contribution in [2.75, 3.05) is 0 Å². The maximum Gasteiger partial charge on any atom is 0.271 e. The number of amides is 2. The number of hydrogen-bond acceptors (Lipinski definition) is 4. The van der Waals surface area contributed by atoms with Crippen LogP contribution in [0.1, 0.15) is 23.6 Å². The zero-order chi connectivity index (χ0) is 24.1. The number of hydrogen-bond donors (Lipinski definition) is 0. The molecule has 2 amide bonds. The van der Waals surface area contributed by atoms with Gasteiger partial charge in [0.05, 0.1) is 6.54 Å². The molecule has 0 saturated heterocycles. The molecule has 6 heteroatoms. The summed E-state index contributed by atoms with van der Waals surface area (Å²) in [5.74, 6) is -0.390. The van der Waals surface area contributed by atoms with Crippen LogP contribution < -0.4 is 4.74 Å². The Morgan fingerprint density at radius 3 is 2.29 bits per heavy atom. The highest BCUT2D eigenvalue weighted by molar-refractivity contribution is 6.31. The summed E-state index contributed by atoms with van der Waals surface area (Å²) in [5, 5.41) is 10.0. The summed E-state index contributed by atoms with van der Waals surface area (Å²) in [5.41, 5.74) is 3.04. The minimum atomic E-state index is -0.619. The maximum atomic E-state index is 13.3. The molecule has 168 valence electrons. The van der Waals surface area contributed by atoms with Crippen molar-refractivity contribution < 1.29 is 14.3 Å². The third-order valence-electron chi connectivity index (χ3n) is 5.55. The second-order valence-electron chi connectivity index (χ2n) is 7.80. The molecule has 3 aromatic carbocycles. The molecule has 0 saturated carbocycles. The first-order chi connectivity index (χ1) is 16.5. The van der Waals surface area contributed by atoms with E-state index >= 15 is 0 Å². The van der Waals surface area contributed by atoms with Crippen molar-refractivity contribution in [2.24, 2.45) is 0 Å². The zero-order valence-corrected chi connectivity index (χ0v) is 19.3. The van der Waals surface area contributed by atoms with Gasteiger partial charge in [-0.3, -0.25) is 14.5 Å². The molecule has 34 heavy (non-hydrogen) atoms. The number of nitrogens with zero attached hydrogens (tertiary/aromatic N) is 2. The third kappa shape index (κ3) is 4.93. The van der Waals surface area contributed by atoms with Crippen molar-refractivity contribution in [1.29, 1.82) is 5.26 Å². The van der Waals surface area contributed by atoms with Crippen LogP contribution in [0, 0.1) is 11.3 Å². The average molecular weight is 469 g/mol. The Bertz CT molecular complexity index is 1340. The van der Waals surface area contributed by atoms with Gasteiger partial charge in [-0.2, -0.15) is 5.26 Å². The van der Waals surface area contributed by atoms with Crippen molar-refractivity contribution in [3.05, 3.63) is 117 Å². The first kappa shape index (κ1) is 23.0. The van der Waals surface area contributed by atoms with Gasteiger partial charge >= 0.3 is 0 Å². The van der Waals surface area contributed by atoms with E-state index in [0.29, 0.717) is 34.1 Å². The summed E-state index contributed by atoms with van der Waals surface area (Å²) >= 11 is 6.23. The van der Waals surface area contributed by atoms with Gasteiger partial charge in [-0.1, -0.05) is 72.3 Å². The topological polar surface area (TPSA) is 70.4 Å². The minimum Gasteiger partial charge on any atom is -0.489 e. The second kappa shape index (κ2) is 10.2. The van der Waals surface area contributed by atoms with Crippen molar-refractivity contribution in [3.63, 3.8) is 0 Å². The Morgan fingerprint density at radius 2 is 1.62 bits per heavy atom. The van der Waals surface area contributed by atoms with E-state index < -0.39 is 11.8 Å². The van der Waals surface area contributed by atoms with Crippen molar-refractivity contribution in [2.45, 2.75) is 20.1 Å². The van der Waals surface area contributed by atoms with Crippen molar-refractivity contribution in [3.8, 4) is 11.8 Å². The van der Waals surface area contributed by atoms with Crippen LogP contribution in [0.25, 0.3) is 6.08 Å². The smallest absolute Gasteiger partial charge is 0.271 e. The number of carbonyl (C=O) groups is 2. The molecule has 0 radical (unpaired) electrons. The lowest BCUT2D eigenvalue weighted by molar-refractivity contribution is -0.141. The van der Waals surface area contributed by atoms with Crippen LogP contribution in [0.15, 0.2) is 95.6 Å². The van der Waals surface area contributed by atoms with E-state index in [1.54, 1.807) is 37.3 Å². The fraction of sp³-hybridized carbons (Fsp3) is 0.107. The van der Waals surface area contributed by atoms with Crippen LogP contribution in [0.2, 0.25) is 5.02 Å². The van der Waals surface area contributed by atoms with E-state index in [4.69, 9.17) is 16.3 Å². The van der Waals surface area contributed by atoms with Crippen LogP contribution in [-0.4, -0.2) is 16.7 Å². The molecule has 0 bridgehead atoms. The highest BCUT2D eigenvalue weighted by Crippen LogP contribution is 2.29. The van der Waals surface area contributed by atoms with Crippen LogP contribution in [0.3, 0.4) is 0 Å². The monoisotopic (exact) mass is 468 g/mol. The van der Waals surface area contributed by atoms with Gasteiger partial charge in [0.1, 0.15) is 24.0 Å². The highest BCUT2D eigenvalue weighted by atomic mass is 35.5. The van der Waals surface area contributed by atoms with Crippen LogP contribution in [0.4, 0.5) is 0 Å². The molecule has 0 N–H and O–H groups in total. The Kier molecular flexibility index (Phi) is 6.91. The van der Waals surface area contributed by atoms with Gasteiger partial charge < -0.3 is 4.74 Å². The molecule has 3 aromatic rings. The van der Waals surface area contributed by atoms with E-state index in [9.17, 15) is 14.9 Å². The van der Waals surface area contributed by atoms with Crippen molar-refractivity contribution in [1.82, 2.24) is 4.90 Å². The molecule has 0 aromatic heterocycles. The number of rotatable bonds is 6. The van der Waals surface area contributed by atoms with Crippen LogP contribution in [-0.2, 0) is 22.7 Å². The fourth-order valence-electron chi connectivity index (χ4n) is 3.64. The van der Waals surface area contributed by atoms with Crippen LogP contribution in [0.5, 0.6) is 5.75 Å². The van der Waals surface area contributed by atoms with Gasteiger partial charge in [0.2, 0.25) is 0 Å². The molecular formula is C28H21ClN2O3. The van der Waals surface area contributed by atoms with Gasteiger partial charge in [0.25, 0.3) is 11.8 Å². The number of halogens is 1. The minimum absolute atomic E-state index is 0.0145. The number of ether oxygens (including phenoxy) is 1. The van der Waals surface area contributed by atoms with Gasteiger partial charge in [-0.05, 0) is 53.5 Å². The first-order valence-corrected chi connectivity index (χ1v) is 11.0. The Labute approximate surface area is 203 Å². The van der Waals surface area contributed by atoms with Gasteiger partial charge in [-0.25, -0.2) is 0 Å². The third-order valence-corrected chi connectivity index (χ3v) is 5.92. The molecule has 0 spiro atoms. The molecule has 1 aliphatic rings. The zero-order valence-electron chi connectivity index (χ0n) is 18.5. The molecular weight excluding hydrogens is 448 g/mol. The van der Waals surface area contributed by atoms with E-state index in [2.05, 4.69) is 0 Å². The normalized spacial score (nSPS) is 15.0. The summed E-state index contributed by atoms with van der Waals surface area (Å²) in [4.78, 5) is 27.2. The molecule has 5 nitrogen and oxygen atoms in total. The average Bonchev–Trinajstić information content (AvgIpc) is 2.86. The van der Waals surface area contributed by atoms with E-state index in [-0.39, 0.29) is 12.1 Å². The molecule has 4 rings (SSSR count). The molecule has 1 aliphatic heterocycles. The number of carbonyl (C=O) groups excluding carboxylic acids is 2. The van der Waals surface area contributed by atoms with Gasteiger partial charge in [-0.15, -0.1) is 0 Å². The predicted octanol–water partition coefficient (Wildman–Crippen LogP) is 5.71. The number of nitriles is 1. The summed E-state index contributed by atoms with van der Waals surface area (Å²) in [6.45, 7) is 2.05. The Balaban J connectivity index is 1.59. The van der Waals surface area contributed by atoms with E-state index in [0.717, 1.165) is 16.0 Å². The first-order valence-electron chi connectivity index (χ1n) is 10.7. The van der Waals surface area contributed by atoms with E-state index in [1.165, 1.54) is 0 Å². The Morgan fingerprint density at radius 1 is 0.941 bits per heavy atom. The van der Waals surface area contributed by atoms with Gasteiger partial charge in [0.15, 0.2) is 0 Å². The summed E-state index contributed by atoms with van der Waals surface area (Å²) in [6.07, 6.45) is 1.68. The van der Waals surface area contributed by atoms with Crippen molar-refractivity contribution >= 4 is 29.5 Å². The molecule has 0 unspecified atom stereocenters. The lowest BCUT2D eigenvalue weighted by Crippen LogP contribution is -2.42. The summed E-state index contributed by atoms with van der Waals surface area (Å²) in [6, 6.07) is 26.1.